The van der Waals surface area contributed by atoms with Gasteiger partial charge in [0, 0.05) is 35.8 Å². The van der Waals surface area contributed by atoms with Crippen LogP contribution in [-0.2, 0) is 16.0 Å². The summed E-state index contributed by atoms with van der Waals surface area (Å²) in [5.41, 5.74) is 7.20. The number of ether oxygens (including phenoxy) is 2. The molecule has 8 heteroatoms. The summed E-state index contributed by atoms with van der Waals surface area (Å²) in [6.07, 6.45) is 8.65. The molecule has 0 radical (unpaired) electrons. The highest BCUT2D eigenvalue weighted by Gasteiger charge is 2.51. The summed E-state index contributed by atoms with van der Waals surface area (Å²) in [7, 11) is 0. The summed E-state index contributed by atoms with van der Waals surface area (Å²) < 4.78 is 11.9. The highest BCUT2D eigenvalue weighted by Crippen LogP contribution is 2.47. The first-order valence-corrected chi connectivity index (χ1v) is 11.9. The molecule has 2 aromatic rings. The van der Waals surface area contributed by atoms with Crippen molar-refractivity contribution in [3.63, 3.8) is 0 Å². The second-order valence-corrected chi connectivity index (χ2v) is 10.7. The van der Waals surface area contributed by atoms with Gasteiger partial charge in [-0.1, -0.05) is 0 Å². The highest BCUT2D eigenvalue weighted by atomic mass is 32.1. The number of hydrogen-bond donors (Lipinski definition) is 1. The molecule has 1 atom stereocenters. The Bertz CT molecular complexity index is 972. The van der Waals surface area contributed by atoms with E-state index in [4.69, 9.17) is 15.2 Å². The van der Waals surface area contributed by atoms with Crippen LogP contribution in [0.4, 0.5) is 0 Å². The number of aryl methyl sites for hydroxylation is 1. The Labute approximate surface area is 179 Å². The molecule has 6 rings (SSSR count). The SMILES string of the molecule is NC(=O)C[C@H]1CCc2sc3ncnc(O[C@H]4CC[C@H](N5CC6(COC6)C5)CC4)c3c21. The van der Waals surface area contributed by atoms with Gasteiger partial charge in [-0.05, 0) is 50.0 Å². The van der Waals surface area contributed by atoms with E-state index in [2.05, 4.69) is 14.9 Å². The molecule has 2 N–H and O–H groups in total. The van der Waals surface area contributed by atoms with Gasteiger partial charge in [0.15, 0.2) is 0 Å². The Morgan fingerprint density at radius 1 is 1.23 bits per heavy atom. The van der Waals surface area contributed by atoms with Crippen LogP contribution in [0.25, 0.3) is 10.2 Å². The van der Waals surface area contributed by atoms with Crippen molar-refractivity contribution in [3.05, 3.63) is 16.8 Å². The van der Waals surface area contributed by atoms with Crippen molar-refractivity contribution in [1.82, 2.24) is 14.9 Å². The van der Waals surface area contributed by atoms with Crippen molar-refractivity contribution in [1.29, 1.82) is 0 Å². The number of nitrogens with two attached hydrogens (primary N) is 1. The maximum absolute atomic E-state index is 11.6. The Kier molecular flexibility index (Phi) is 4.51. The molecule has 0 bridgehead atoms. The van der Waals surface area contributed by atoms with Crippen molar-refractivity contribution in [2.45, 2.75) is 63.0 Å². The number of carbonyl (C=O) groups excluding carboxylic acids is 1. The fourth-order valence-corrected chi connectivity index (χ4v) is 7.14. The van der Waals surface area contributed by atoms with E-state index in [1.165, 1.54) is 36.4 Å². The molecule has 2 saturated heterocycles. The second-order valence-electron chi connectivity index (χ2n) is 9.65. The van der Waals surface area contributed by atoms with Gasteiger partial charge in [0.2, 0.25) is 11.8 Å². The molecule has 3 fully saturated rings. The molecule has 2 aliphatic heterocycles. The molecular weight excluding hydrogens is 400 g/mol. The van der Waals surface area contributed by atoms with Gasteiger partial charge < -0.3 is 15.2 Å². The van der Waals surface area contributed by atoms with E-state index in [0.29, 0.717) is 23.8 Å². The zero-order valence-corrected chi connectivity index (χ0v) is 18.0. The van der Waals surface area contributed by atoms with Gasteiger partial charge in [0.25, 0.3) is 0 Å². The van der Waals surface area contributed by atoms with Crippen LogP contribution in [0.3, 0.4) is 0 Å². The molecule has 30 heavy (non-hydrogen) atoms. The Balaban J connectivity index is 1.15. The van der Waals surface area contributed by atoms with E-state index < -0.39 is 0 Å². The first kappa shape index (κ1) is 19.0. The van der Waals surface area contributed by atoms with E-state index in [1.807, 2.05) is 0 Å². The van der Waals surface area contributed by atoms with Gasteiger partial charge >= 0.3 is 0 Å². The molecule has 7 nitrogen and oxygen atoms in total. The summed E-state index contributed by atoms with van der Waals surface area (Å²) in [4.78, 5) is 25.5. The lowest BCUT2D eigenvalue weighted by atomic mass is 9.75. The van der Waals surface area contributed by atoms with Gasteiger partial charge in [-0.15, -0.1) is 11.3 Å². The number of carbonyl (C=O) groups is 1. The number of hydrogen-bond acceptors (Lipinski definition) is 7. The van der Waals surface area contributed by atoms with Crippen LogP contribution < -0.4 is 10.5 Å². The van der Waals surface area contributed by atoms with E-state index in [9.17, 15) is 4.79 Å². The van der Waals surface area contributed by atoms with Crippen LogP contribution in [0.5, 0.6) is 5.88 Å². The topological polar surface area (TPSA) is 90.6 Å². The van der Waals surface area contributed by atoms with Crippen LogP contribution >= 0.6 is 11.3 Å². The number of nitrogens with zero attached hydrogens (tertiary/aromatic N) is 3. The van der Waals surface area contributed by atoms with Crippen molar-refractivity contribution < 1.29 is 14.3 Å². The van der Waals surface area contributed by atoms with E-state index in [-0.39, 0.29) is 17.9 Å². The minimum atomic E-state index is -0.244. The number of fused-ring (bicyclic) bond motifs is 3. The fourth-order valence-electron chi connectivity index (χ4n) is 5.91. The molecule has 4 aliphatic rings. The average molecular weight is 429 g/mol. The number of rotatable bonds is 5. The van der Waals surface area contributed by atoms with Gasteiger partial charge in [0.1, 0.15) is 17.3 Å². The molecular formula is C22H28N4O3S. The molecule has 4 heterocycles. The van der Waals surface area contributed by atoms with E-state index in [1.54, 1.807) is 17.7 Å². The van der Waals surface area contributed by atoms with Crippen LogP contribution in [0.2, 0.25) is 0 Å². The molecule has 1 amide bonds. The molecule has 0 aromatic carbocycles. The summed E-state index contributed by atoms with van der Waals surface area (Å²) >= 11 is 1.72. The molecule has 1 saturated carbocycles. The predicted molar refractivity (Wildman–Crippen MR) is 114 cm³/mol. The molecule has 1 spiro atoms. The van der Waals surface area contributed by atoms with Crippen molar-refractivity contribution in [2.75, 3.05) is 26.3 Å². The minimum absolute atomic E-state index is 0.171. The first-order valence-electron chi connectivity index (χ1n) is 11.1. The summed E-state index contributed by atoms with van der Waals surface area (Å²) in [6.45, 7) is 4.32. The monoisotopic (exact) mass is 428 g/mol. The van der Waals surface area contributed by atoms with Crippen LogP contribution in [-0.4, -0.2) is 59.2 Å². The third-order valence-electron chi connectivity index (χ3n) is 7.47. The normalized spacial score (nSPS) is 30.1. The smallest absolute Gasteiger partial charge is 0.225 e. The zero-order valence-electron chi connectivity index (χ0n) is 17.1. The minimum Gasteiger partial charge on any atom is -0.474 e. The number of thiophene rings is 1. The van der Waals surface area contributed by atoms with E-state index >= 15 is 0 Å². The third kappa shape index (κ3) is 3.11. The lowest BCUT2D eigenvalue weighted by Crippen LogP contribution is -2.68. The fraction of sp³-hybridized carbons (Fsp3) is 0.682. The largest absolute Gasteiger partial charge is 0.474 e. The lowest BCUT2D eigenvalue weighted by molar-refractivity contribution is -0.201. The first-order chi connectivity index (χ1) is 14.6. The summed E-state index contributed by atoms with van der Waals surface area (Å²) in [6, 6.07) is 0.687. The number of primary amides is 1. The predicted octanol–water partition coefficient (Wildman–Crippen LogP) is 2.62. The Morgan fingerprint density at radius 2 is 2.03 bits per heavy atom. The standard InChI is InChI=1S/C22H28N4O3S/c23-17(27)7-13-1-6-16-18(13)19-20(24-12-25-21(19)30-16)29-15-4-2-14(3-5-15)26-8-22(9-26)10-28-11-22/h12-15H,1-11H2,(H2,23,27)/t13-,14-,15-/m1/s1. The van der Waals surface area contributed by atoms with Gasteiger partial charge in [-0.3, -0.25) is 9.69 Å². The average Bonchev–Trinajstić information content (AvgIpc) is 3.20. The number of amides is 1. The molecule has 2 aliphatic carbocycles. The van der Waals surface area contributed by atoms with Gasteiger partial charge in [-0.2, -0.15) is 0 Å². The van der Waals surface area contributed by atoms with Crippen LogP contribution in [0.15, 0.2) is 6.33 Å². The summed E-state index contributed by atoms with van der Waals surface area (Å²) in [5.74, 6) is 0.627. The highest BCUT2D eigenvalue weighted by molar-refractivity contribution is 7.19. The zero-order chi connectivity index (χ0) is 20.3. The molecule has 160 valence electrons. The maximum atomic E-state index is 11.6. The summed E-state index contributed by atoms with van der Waals surface area (Å²) in [5, 5.41) is 1.03. The van der Waals surface area contributed by atoms with Crippen LogP contribution in [0, 0.1) is 5.41 Å². The van der Waals surface area contributed by atoms with Crippen molar-refractivity contribution in [3.8, 4) is 5.88 Å². The maximum Gasteiger partial charge on any atom is 0.225 e. The van der Waals surface area contributed by atoms with Gasteiger partial charge in [-0.25, -0.2) is 9.97 Å². The Morgan fingerprint density at radius 3 is 2.73 bits per heavy atom. The second kappa shape index (κ2) is 7.14. The Hall–Kier alpha value is -1.77. The third-order valence-corrected chi connectivity index (χ3v) is 8.65. The van der Waals surface area contributed by atoms with Crippen molar-refractivity contribution >= 4 is 27.5 Å². The lowest BCUT2D eigenvalue weighted by Gasteiger charge is -2.58. The molecule has 0 unspecified atom stereocenters. The van der Waals surface area contributed by atoms with Crippen molar-refractivity contribution in [2.24, 2.45) is 11.1 Å². The van der Waals surface area contributed by atoms with E-state index in [0.717, 1.165) is 49.1 Å². The van der Waals surface area contributed by atoms with Gasteiger partial charge in [0.05, 0.1) is 18.6 Å². The molecule has 2 aromatic heterocycles. The number of likely N-dealkylation sites (tertiary alicyclic amines) is 1. The quantitative estimate of drug-likeness (QED) is 0.787. The number of aromatic nitrogens is 2. The van der Waals surface area contributed by atoms with Crippen LogP contribution in [0.1, 0.15) is 54.9 Å².